The molecule has 4 nitrogen and oxygen atoms in total. The zero-order chi connectivity index (χ0) is 18.1. The molecular weight excluding hydrogens is 316 g/mol. The molecular formula is C21H20O4. The fourth-order valence-electron chi connectivity index (χ4n) is 2.83. The standard InChI is InChI=1S/C21H20O4/c1-12(2)16-7-5-15(6-8-16)10-19-21(23)20-13(3)9-17(24-14(4)22)11-18(20)25-19/h5-12H,1-4H3/b19-10-. The smallest absolute Gasteiger partial charge is 0.308 e. The highest BCUT2D eigenvalue weighted by atomic mass is 16.5. The van der Waals surface area contributed by atoms with Gasteiger partial charge in [-0.3, -0.25) is 9.59 Å². The maximum Gasteiger partial charge on any atom is 0.308 e. The molecule has 0 amide bonds. The van der Waals surface area contributed by atoms with E-state index in [1.165, 1.54) is 12.5 Å². The summed E-state index contributed by atoms with van der Waals surface area (Å²) in [5, 5.41) is 0. The SMILES string of the molecule is CC(=O)Oc1cc(C)c2c(c1)O/C(=C\c1ccc(C(C)C)cc1)C2=O. The summed E-state index contributed by atoms with van der Waals surface area (Å²) in [6, 6.07) is 11.3. The molecule has 0 atom stereocenters. The van der Waals surface area contributed by atoms with Gasteiger partial charge < -0.3 is 9.47 Å². The number of allylic oxidation sites excluding steroid dienone is 1. The Kier molecular flexibility index (Phi) is 4.45. The van der Waals surface area contributed by atoms with Gasteiger partial charge in [0.1, 0.15) is 11.5 Å². The maximum absolute atomic E-state index is 12.6. The summed E-state index contributed by atoms with van der Waals surface area (Å²) in [7, 11) is 0. The molecule has 0 saturated heterocycles. The first-order valence-electron chi connectivity index (χ1n) is 8.22. The van der Waals surface area contributed by atoms with E-state index in [-0.39, 0.29) is 11.5 Å². The molecule has 1 heterocycles. The van der Waals surface area contributed by atoms with E-state index in [9.17, 15) is 9.59 Å². The lowest BCUT2D eigenvalue weighted by Crippen LogP contribution is -2.02. The molecule has 0 aliphatic carbocycles. The monoisotopic (exact) mass is 336 g/mol. The molecule has 0 unspecified atom stereocenters. The molecule has 4 heteroatoms. The minimum Gasteiger partial charge on any atom is -0.452 e. The van der Waals surface area contributed by atoms with E-state index in [0.29, 0.717) is 23.0 Å². The van der Waals surface area contributed by atoms with Gasteiger partial charge in [-0.25, -0.2) is 0 Å². The lowest BCUT2D eigenvalue weighted by molar-refractivity contribution is -0.131. The Morgan fingerprint density at radius 3 is 2.44 bits per heavy atom. The first kappa shape index (κ1) is 17.0. The Morgan fingerprint density at radius 2 is 1.84 bits per heavy atom. The lowest BCUT2D eigenvalue weighted by Gasteiger charge is -2.06. The van der Waals surface area contributed by atoms with Crippen LogP contribution in [0, 0.1) is 6.92 Å². The largest absolute Gasteiger partial charge is 0.452 e. The van der Waals surface area contributed by atoms with Gasteiger partial charge in [0.05, 0.1) is 5.56 Å². The molecule has 0 spiro atoms. The number of hydrogen-bond acceptors (Lipinski definition) is 4. The average Bonchev–Trinajstić information content (AvgIpc) is 2.83. The van der Waals surface area contributed by atoms with Crippen molar-refractivity contribution in [2.75, 3.05) is 0 Å². The Labute approximate surface area is 147 Å². The van der Waals surface area contributed by atoms with Crippen molar-refractivity contribution in [3.05, 3.63) is 64.4 Å². The van der Waals surface area contributed by atoms with Crippen LogP contribution < -0.4 is 9.47 Å². The number of benzene rings is 2. The van der Waals surface area contributed by atoms with E-state index in [4.69, 9.17) is 9.47 Å². The van der Waals surface area contributed by atoms with Gasteiger partial charge >= 0.3 is 5.97 Å². The number of Topliss-reactive ketones (excluding diaryl/α,β-unsaturated/α-hetero) is 1. The average molecular weight is 336 g/mol. The number of carbonyl (C=O) groups is 2. The van der Waals surface area contributed by atoms with Crippen molar-refractivity contribution in [2.45, 2.75) is 33.6 Å². The van der Waals surface area contributed by atoms with E-state index in [1.807, 2.05) is 24.3 Å². The number of aryl methyl sites for hydroxylation is 1. The van der Waals surface area contributed by atoms with Crippen LogP contribution in [0.4, 0.5) is 0 Å². The van der Waals surface area contributed by atoms with Crippen molar-refractivity contribution in [3.63, 3.8) is 0 Å². The van der Waals surface area contributed by atoms with Crippen molar-refractivity contribution >= 4 is 17.8 Å². The van der Waals surface area contributed by atoms with Crippen molar-refractivity contribution in [3.8, 4) is 11.5 Å². The van der Waals surface area contributed by atoms with Gasteiger partial charge in [-0.15, -0.1) is 0 Å². The number of carbonyl (C=O) groups excluding carboxylic acids is 2. The Balaban J connectivity index is 1.91. The summed E-state index contributed by atoms with van der Waals surface area (Å²) in [6.45, 7) is 7.41. The number of fused-ring (bicyclic) bond motifs is 1. The van der Waals surface area contributed by atoms with Crippen molar-refractivity contribution < 1.29 is 19.1 Å². The highest BCUT2D eigenvalue weighted by molar-refractivity contribution is 6.15. The summed E-state index contributed by atoms with van der Waals surface area (Å²) in [6.07, 6.45) is 1.73. The third kappa shape index (κ3) is 3.48. The van der Waals surface area contributed by atoms with Crippen LogP contribution in [0.1, 0.15) is 53.7 Å². The molecule has 1 aliphatic rings. The van der Waals surface area contributed by atoms with Gasteiger partial charge in [0.15, 0.2) is 5.76 Å². The number of hydrogen-bond donors (Lipinski definition) is 0. The van der Waals surface area contributed by atoms with Gasteiger partial charge in [-0.05, 0) is 41.7 Å². The molecule has 128 valence electrons. The minimum atomic E-state index is -0.412. The number of esters is 1. The fourth-order valence-corrected chi connectivity index (χ4v) is 2.83. The van der Waals surface area contributed by atoms with Crippen molar-refractivity contribution in [1.82, 2.24) is 0 Å². The second-order valence-corrected chi connectivity index (χ2v) is 6.47. The summed E-state index contributed by atoms with van der Waals surface area (Å²) < 4.78 is 10.8. The summed E-state index contributed by atoms with van der Waals surface area (Å²) in [4.78, 5) is 23.8. The molecule has 2 aromatic carbocycles. The molecule has 1 aliphatic heterocycles. The molecule has 25 heavy (non-hydrogen) atoms. The molecule has 0 saturated carbocycles. The van der Waals surface area contributed by atoms with Gasteiger partial charge in [-0.2, -0.15) is 0 Å². The first-order valence-corrected chi connectivity index (χ1v) is 8.22. The zero-order valence-corrected chi connectivity index (χ0v) is 14.8. The molecule has 0 bridgehead atoms. The van der Waals surface area contributed by atoms with Gasteiger partial charge in [-0.1, -0.05) is 38.1 Å². The second kappa shape index (κ2) is 6.55. The first-order chi connectivity index (χ1) is 11.8. The number of rotatable bonds is 3. The van der Waals surface area contributed by atoms with Gasteiger partial charge in [0, 0.05) is 13.0 Å². The lowest BCUT2D eigenvalue weighted by atomic mass is 10.0. The van der Waals surface area contributed by atoms with Crippen LogP contribution in [0.25, 0.3) is 6.08 Å². The normalized spacial score (nSPS) is 14.6. The molecule has 3 rings (SSSR count). The molecule has 0 N–H and O–H groups in total. The van der Waals surface area contributed by atoms with Gasteiger partial charge in [0.25, 0.3) is 0 Å². The summed E-state index contributed by atoms with van der Waals surface area (Å²) in [5.41, 5.74) is 3.38. The van der Waals surface area contributed by atoms with Crippen molar-refractivity contribution in [1.29, 1.82) is 0 Å². The molecule has 0 fully saturated rings. The maximum atomic E-state index is 12.6. The molecule has 0 radical (unpaired) electrons. The van der Waals surface area contributed by atoms with Crippen LogP contribution in [0.2, 0.25) is 0 Å². The third-order valence-corrected chi connectivity index (χ3v) is 4.11. The molecule has 0 aromatic heterocycles. The van der Waals surface area contributed by atoms with Crippen LogP contribution in [0.15, 0.2) is 42.2 Å². The Bertz CT molecular complexity index is 874. The van der Waals surface area contributed by atoms with E-state index in [0.717, 1.165) is 11.1 Å². The van der Waals surface area contributed by atoms with Crippen LogP contribution in [-0.2, 0) is 4.79 Å². The highest BCUT2D eigenvalue weighted by Gasteiger charge is 2.30. The number of ether oxygens (including phenoxy) is 2. The highest BCUT2D eigenvalue weighted by Crippen LogP contribution is 2.37. The Hall–Kier alpha value is -2.88. The fraction of sp³-hybridized carbons (Fsp3) is 0.238. The van der Waals surface area contributed by atoms with Crippen LogP contribution in [-0.4, -0.2) is 11.8 Å². The quantitative estimate of drug-likeness (QED) is 0.465. The van der Waals surface area contributed by atoms with Crippen LogP contribution in [0.3, 0.4) is 0 Å². The Morgan fingerprint density at radius 1 is 1.16 bits per heavy atom. The van der Waals surface area contributed by atoms with E-state index in [1.54, 1.807) is 25.1 Å². The van der Waals surface area contributed by atoms with E-state index >= 15 is 0 Å². The second-order valence-electron chi connectivity index (χ2n) is 6.47. The minimum absolute atomic E-state index is 0.158. The molecule has 2 aromatic rings. The summed E-state index contributed by atoms with van der Waals surface area (Å²) >= 11 is 0. The summed E-state index contributed by atoms with van der Waals surface area (Å²) in [5.74, 6) is 0.956. The van der Waals surface area contributed by atoms with E-state index < -0.39 is 5.97 Å². The third-order valence-electron chi connectivity index (χ3n) is 4.11. The number of ketones is 1. The van der Waals surface area contributed by atoms with Crippen LogP contribution in [0.5, 0.6) is 11.5 Å². The predicted octanol–water partition coefficient (Wildman–Crippen LogP) is 4.66. The van der Waals surface area contributed by atoms with E-state index in [2.05, 4.69) is 13.8 Å². The van der Waals surface area contributed by atoms with Gasteiger partial charge in [0.2, 0.25) is 5.78 Å². The zero-order valence-electron chi connectivity index (χ0n) is 14.8. The van der Waals surface area contributed by atoms with Crippen molar-refractivity contribution in [2.24, 2.45) is 0 Å². The predicted molar refractivity (Wildman–Crippen MR) is 96.0 cm³/mol. The van der Waals surface area contributed by atoms with Crippen LogP contribution >= 0.6 is 0 Å². The topological polar surface area (TPSA) is 52.6 Å².